The second-order valence-corrected chi connectivity index (χ2v) is 4.78. The van der Waals surface area contributed by atoms with Gasteiger partial charge in [-0.2, -0.15) is 0 Å². The number of aromatic hydroxyl groups is 1. The Balaban J connectivity index is 2.66. The minimum atomic E-state index is -1.19. The molecule has 2 N–H and O–H groups in total. The van der Waals surface area contributed by atoms with Crippen LogP contribution in [0.4, 0.5) is 4.39 Å². The summed E-state index contributed by atoms with van der Waals surface area (Å²) in [6.45, 7) is 0. The van der Waals surface area contributed by atoms with E-state index in [2.05, 4.69) is 15.9 Å². The number of halogens is 2. The van der Waals surface area contributed by atoms with Crippen molar-refractivity contribution in [1.29, 1.82) is 0 Å². The van der Waals surface area contributed by atoms with Crippen molar-refractivity contribution in [2.75, 3.05) is 7.11 Å². The van der Waals surface area contributed by atoms with Crippen molar-refractivity contribution in [1.82, 2.24) is 0 Å². The molecule has 1 aromatic rings. The number of aliphatic carboxylic acids is 1. The second kappa shape index (κ2) is 3.87. The zero-order valence-electron chi connectivity index (χ0n) is 8.96. The summed E-state index contributed by atoms with van der Waals surface area (Å²) in [5.41, 5.74) is -1.15. The highest BCUT2D eigenvalue weighted by atomic mass is 79.9. The molecule has 1 aliphatic carbocycles. The Bertz CT molecular complexity index is 497. The van der Waals surface area contributed by atoms with Gasteiger partial charge in [0.25, 0.3) is 0 Å². The molecule has 1 saturated carbocycles. The molecule has 0 saturated heterocycles. The summed E-state index contributed by atoms with van der Waals surface area (Å²) in [5, 5.41) is 18.6. The summed E-state index contributed by atoms with van der Waals surface area (Å²) in [5.74, 6) is -2.12. The van der Waals surface area contributed by atoms with Gasteiger partial charge in [-0.1, -0.05) is 0 Å². The number of ether oxygens (including phenoxy) is 1. The maximum Gasteiger partial charge on any atom is 0.314 e. The predicted molar refractivity (Wildman–Crippen MR) is 60.9 cm³/mol. The average molecular weight is 305 g/mol. The molecule has 0 aromatic heterocycles. The summed E-state index contributed by atoms with van der Waals surface area (Å²) < 4.78 is 18.9. The minimum Gasteiger partial charge on any atom is -0.504 e. The average Bonchev–Trinajstić information content (AvgIpc) is 2.98. The van der Waals surface area contributed by atoms with Gasteiger partial charge in [0, 0.05) is 11.6 Å². The Morgan fingerprint density at radius 2 is 2.18 bits per heavy atom. The summed E-state index contributed by atoms with van der Waals surface area (Å²) in [6.07, 6.45) is 0.761. The van der Waals surface area contributed by atoms with E-state index in [1.165, 1.54) is 7.11 Å². The van der Waals surface area contributed by atoms with E-state index in [9.17, 15) is 14.3 Å². The van der Waals surface area contributed by atoms with Gasteiger partial charge in [0.15, 0.2) is 11.5 Å². The van der Waals surface area contributed by atoms with Gasteiger partial charge in [0.2, 0.25) is 0 Å². The summed E-state index contributed by atoms with van der Waals surface area (Å²) in [4.78, 5) is 11.2. The fourth-order valence-corrected chi connectivity index (χ4v) is 2.85. The van der Waals surface area contributed by atoms with Crippen LogP contribution in [0.1, 0.15) is 18.4 Å². The lowest BCUT2D eigenvalue weighted by Gasteiger charge is -2.16. The van der Waals surface area contributed by atoms with Gasteiger partial charge in [-0.15, -0.1) is 0 Å². The van der Waals surface area contributed by atoms with Gasteiger partial charge in [-0.05, 0) is 28.8 Å². The van der Waals surface area contributed by atoms with Crippen LogP contribution in [0.15, 0.2) is 10.5 Å². The molecule has 6 heteroatoms. The van der Waals surface area contributed by atoms with Gasteiger partial charge < -0.3 is 14.9 Å². The van der Waals surface area contributed by atoms with E-state index >= 15 is 0 Å². The molecule has 1 aliphatic rings. The SMILES string of the molecule is COc1c(O)cc(F)c(C2(C(=O)O)CC2)c1Br. The number of hydrogen-bond donors (Lipinski definition) is 2. The molecule has 4 nitrogen and oxygen atoms in total. The van der Waals surface area contributed by atoms with Crippen LogP contribution in [-0.4, -0.2) is 23.3 Å². The largest absolute Gasteiger partial charge is 0.504 e. The van der Waals surface area contributed by atoms with E-state index < -0.39 is 17.2 Å². The van der Waals surface area contributed by atoms with Crippen LogP contribution >= 0.6 is 15.9 Å². The molecule has 0 radical (unpaired) electrons. The van der Waals surface area contributed by atoms with E-state index in [-0.39, 0.29) is 21.5 Å². The van der Waals surface area contributed by atoms with Crippen LogP contribution in [0.3, 0.4) is 0 Å². The maximum atomic E-state index is 13.8. The van der Waals surface area contributed by atoms with Crippen molar-refractivity contribution in [3.63, 3.8) is 0 Å². The van der Waals surface area contributed by atoms with Gasteiger partial charge in [0.05, 0.1) is 17.0 Å². The number of carboxylic acid groups (broad SMARTS) is 1. The Hall–Kier alpha value is -1.30. The summed E-state index contributed by atoms with van der Waals surface area (Å²) in [6, 6.07) is 0.877. The molecule has 0 heterocycles. The molecule has 0 aliphatic heterocycles. The molecule has 1 fully saturated rings. The molecular formula is C11H10BrFO4. The normalized spacial score (nSPS) is 16.6. The van der Waals surface area contributed by atoms with E-state index in [1.54, 1.807) is 0 Å². The van der Waals surface area contributed by atoms with Gasteiger partial charge in [-0.3, -0.25) is 4.79 Å². The lowest BCUT2D eigenvalue weighted by molar-refractivity contribution is -0.140. The number of hydrogen-bond acceptors (Lipinski definition) is 3. The topological polar surface area (TPSA) is 66.8 Å². The smallest absolute Gasteiger partial charge is 0.314 e. The number of benzene rings is 1. The Kier molecular flexibility index (Phi) is 2.77. The first-order chi connectivity index (χ1) is 7.94. The number of carbonyl (C=O) groups is 1. The number of methoxy groups -OCH3 is 1. The highest BCUT2D eigenvalue weighted by Crippen LogP contribution is 2.54. The first-order valence-electron chi connectivity index (χ1n) is 4.93. The number of carboxylic acids is 1. The second-order valence-electron chi connectivity index (χ2n) is 3.99. The standard InChI is InChI=1S/C11H10BrFO4/c1-17-9-6(14)4-5(13)7(8(9)12)11(2-3-11)10(15)16/h4,14H,2-3H2,1H3,(H,15,16). The Morgan fingerprint density at radius 1 is 1.59 bits per heavy atom. The summed E-state index contributed by atoms with van der Waals surface area (Å²) in [7, 11) is 1.32. The highest BCUT2D eigenvalue weighted by Gasteiger charge is 2.55. The molecule has 2 rings (SSSR count). The third-order valence-corrected chi connectivity index (χ3v) is 3.75. The lowest BCUT2D eigenvalue weighted by Crippen LogP contribution is -2.21. The Morgan fingerprint density at radius 3 is 2.59 bits per heavy atom. The van der Waals surface area contributed by atoms with E-state index in [0.717, 1.165) is 6.07 Å². The molecule has 0 spiro atoms. The molecule has 0 unspecified atom stereocenters. The monoisotopic (exact) mass is 304 g/mol. The van der Waals surface area contributed by atoms with Crippen molar-refractivity contribution in [2.24, 2.45) is 0 Å². The third-order valence-electron chi connectivity index (χ3n) is 3.00. The molecular weight excluding hydrogens is 295 g/mol. The molecule has 1 aromatic carbocycles. The molecule has 92 valence electrons. The van der Waals surface area contributed by atoms with Crippen LogP contribution in [0, 0.1) is 5.82 Å². The van der Waals surface area contributed by atoms with Crippen LogP contribution in [-0.2, 0) is 10.2 Å². The number of rotatable bonds is 3. The first-order valence-corrected chi connectivity index (χ1v) is 5.72. The summed E-state index contributed by atoms with van der Waals surface area (Å²) >= 11 is 3.10. The van der Waals surface area contributed by atoms with Crippen molar-refractivity contribution in [3.05, 3.63) is 21.9 Å². The van der Waals surface area contributed by atoms with Crippen molar-refractivity contribution in [3.8, 4) is 11.5 Å². The predicted octanol–water partition coefficient (Wildman–Crippen LogP) is 2.42. The van der Waals surface area contributed by atoms with Crippen molar-refractivity contribution in [2.45, 2.75) is 18.3 Å². The maximum absolute atomic E-state index is 13.8. The molecule has 17 heavy (non-hydrogen) atoms. The fraction of sp³-hybridized carbons (Fsp3) is 0.364. The molecule has 0 atom stereocenters. The Labute approximate surface area is 105 Å². The fourth-order valence-electron chi connectivity index (χ4n) is 1.92. The number of phenols is 1. The van der Waals surface area contributed by atoms with E-state index in [4.69, 9.17) is 9.84 Å². The zero-order chi connectivity index (χ0) is 12.8. The first kappa shape index (κ1) is 12.2. The highest BCUT2D eigenvalue weighted by molar-refractivity contribution is 9.10. The van der Waals surface area contributed by atoms with Gasteiger partial charge >= 0.3 is 5.97 Å². The molecule has 0 amide bonds. The van der Waals surface area contributed by atoms with Crippen LogP contribution in [0.5, 0.6) is 11.5 Å². The third kappa shape index (κ3) is 1.67. The van der Waals surface area contributed by atoms with Gasteiger partial charge in [0.1, 0.15) is 5.82 Å². The van der Waals surface area contributed by atoms with Crippen LogP contribution in [0.25, 0.3) is 0 Å². The van der Waals surface area contributed by atoms with Crippen molar-refractivity contribution < 1.29 is 24.1 Å². The molecule has 0 bridgehead atoms. The number of phenolic OH excluding ortho intramolecular Hbond substituents is 1. The van der Waals surface area contributed by atoms with E-state index in [1.807, 2.05) is 0 Å². The van der Waals surface area contributed by atoms with Crippen LogP contribution in [0.2, 0.25) is 0 Å². The van der Waals surface area contributed by atoms with Crippen molar-refractivity contribution >= 4 is 21.9 Å². The minimum absolute atomic E-state index is 0.0413. The zero-order valence-corrected chi connectivity index (χ0v) is 10.5. The van der Waals surface area contributed by atoms with E-state index in [0.29, 0.717) is 12.8 Å². The lowest BCUT2D eigenvalue weighted by atomic mass is 9.95. The van der Waals surface area contributed by atoms with Gasteiger partial charge in [-0.25, -0.2) is 4.39 Å². The quantitative estimate of drug-likeness (QED) is 0.900. The van der Waals surface area contributed by atoms with Crippen LogP contribution < -0.4 is 4.74 Å².